The topological polar surface area (TPSA) is 73.4 Å². The Morgan fingerprint density at radius 2 is 2.06 bits per heavy atom. The van der Waals surface area contributed by atoms with Crippen molar-refractivity contribution in [3.63, 3.8) is 0 Å². The van der Waals surface area contributed by atoms with E-state index < -0.39 is 5.97 Å². The number of carboxylic acids is 1. The molecule has 0 saturated heterocycles. The zero-order valence-electron chi connectivity index (χ0n) is 10.0. The van der Waals surface area contributed by atoms with Crippen molar-refractivity contribution in [1.29, 1.82) is 0 Å². The Morgan fingerprint density at radius 1 is 1.33 bits per heavy atom. The van der Waals surface area contributed by atoms with Crippen molar-refractivity contribution in [3.05, 3.63) is 36.0 Å². The first-order chi connectivity index (χ1) is 8.59. The van der Waals surface area contributed by atoms with E-state index in [1.54, 1.807) is 13.2 Å². The highest BCUT2D eigenvalue weighted by atomic mass is 16.4. The minimum Gasteiger partial charge on any atom is -0.481 e. The molecule has 18 heavy (non-hydrogen) atoms. The number of fused-ring (bicyclic) bond motifs is 1. The van der Waals surface area contributed by atoms with Crippen LogP contribution in [0.3, 0.4) is 0 Å². The summed E-state index contributed by atoms with van der Waals surface area (Å²) in [7, 11) is 1.60. The molecule has 1 heterocycles. The molecular formula is C13H14N2O3. The Labute approximate surface area is 104 Å². The lowest BCUT2D eigenvalue weighted by molar-refractivity contribution is -0.137. The van der Waals surface area contributed by atoms with Crippen molar-refractivity contribution in [2.45, 2.75) is 6.42 Å². The summed E-state index contributed by atoms with van der Waals surface area (Å²) in [5, 5.41) is 9.45. The first-order valence-corrected chi connectivity index (χ1v) is 5.63. The molecule has 1 aromatic heterocycles. The molecule has 0 aliphatic heterocycles. The molecule has 0 radical (unpaired) electrons. The van der Waals surface area contributed by atoms with Crippen LogP contribution in [-0.2, 0) is 4.79 Å². The highest BCUT2D eigenvalue weighted by Crippen LogP contribution is 2.18. The molecule has 0 unspecified atom stereocenters. The average Bonchev–Trinajstić information content (AvgIpc) is 2.78. The van der Waals surface area contributed by atoms with Gasteiger partial charge in [-0.2, -0.15) is 0 Å². The molecule has 0 atom stereocenters. The van der Waals surface area contributed by atoms with Gasteiger partial charge in [-0.25, -0.2) is 0 Å². The normalized spacial score (nSPS) is 10.5. The van der Waals surface area contributed by atoms with E-state index in [4.69, 9.17) is 5.11 Å². The van der Waals surface area contributed by atoms with Crippen LogP contribution in [0.1, 0.15) is 16.8 Å². The number of carbonyl (C=O) groups excluding carboxylic acids is 1. The van der Waals surface area contributed by atoms with Gasteiger partial charge < -0.3 is 15.0 Å². The summed E-state index contributed by atoms with van der Waals surface area (Å²) < 4.78 is 0. The number of nitrogens with one attached hydrogen (secondary N) is 1. The van der Waals surface area contributed by atoms with Gasteiger partial charge in [-0.15, -0.1) is 0 Å². The van der Waals surface area contributed by atoms with Crippen LogP contribution in [0, 0.1) is 0 Å². The van der Waals surface area contributed by atoms with Crippen LogP contribution in [0.15, 0.2) is 30.5 Å². The van der Waals surface area contributed by atoms with Crippen LogP contribution in [0.25, 0.3) is 10.9 Å². The van der Waals surface area contributed by atoms with Gasteiger partial charge in [0.05, 0.1) is 12.0 Å². The fraction of sp³-hybridized carbons (Fsp3) is 0.231. The molecule has 1 aromatic carbocycles. The first-order valence-electron chi connectivity index (χ1n) is 5.63. The highest BCUT2D eigenvalue weighted by Gasteiger charge is 2.16. The number of amides is 1. The van der Waals surface area contributed by atoms with E-state index in [2.05, 4.69) is 4.98 Å². The van der Waals surface area contributed by atoms with E-state index in [1.807, 2.05) is 24.3 Å². The quantitative estimate of drug-likeness (QED) is 0.862. The summed E-state index contributed by atoms with van der Waals surface area (Å²) >= 11 is 0. The van der Waals surface area contributed by atoms with Crippen molar-refractivity contribution in [2.24, 2.45) is 0 Å². The van der Waals surface area contributed by atoms with E-state index in [0.717, 1.165) is 10.9 Å². The zero-order valence-corrected chi connectivity index (χ0v) is 10.0. The van der Waals surface area contributed by atoms with E-state index >= 15 is 0 Å². The van der Waals surface area contributed by atoms with Crippen LogP contribution >= 0.6 is 0 Å². The second kappa shape index (κ2) is 4.91. The van der Waals surface area contributed by atoms with Crippen LogP contribution in [-0.4, -0.2) is 40.5 Å². The molecule has 2 N–H and O–H groups in total. The maximum absolute atomic E-state index is 12.1. The average molecular weight is 246 g/mol. The Morgan fingerprint density at radius 3 is 2.78 bits per heavy atom. The van der Waals surface area contributed by atoms with E-state index in [1.165, 1.54) is 4.90 Å². The fourth-order valence-corrected chi connectivity index (χ4v) is 1.82. The van der Waals surface area contributed by atoms with Crippen molar-refractivity contribution < 1.29 is 14.7 Å². The van der Waals surface area contributed by atoms with Crippen LogP contribution in [0.5, 0.6) is 0 Å². The lowest BCUT2D eigenvalue weighted by Gasteiger charge is -2.15. The predicted octanol–water partition coefficient (Wildman–Crippen LogP) is 1.71. The third-order valence-electron chi connectivity index (χ3n) is 2.83. The number of carbonyl (C=O) groups is 2. The molecule has 0 aliphatic rings. The Balaban J connectivity index is 2.20. The van der Waals surface area contributed by atoms with Crippen LogP contribution in [0.4, 0.5) is 0 Å². The van der Waals surface area contributed by atoms with Crippen molar-refractivity contribution in [3.8, 4) is 0 Å². The summed E-state index contributed by atoms with van der Waals surface area (Å²) in [6, 6.07) is 7.51. The van der Waals surface area contributed by atoms with Gasteiger partial charge in [-0.3, -0.25) is 9.59 Å². The molecule has 5 heteroatoms. The second-order valence-electron chi connectivity index (χ2n) is 4.12. The maximum atomic E-state index is 12.1. The van der Waals surface area contributed by atoms with Gasteiger partial charge in [-0.1, -0.05) is 18.2 Å². The predicted molar refractivity (Wildman–Crippen MR) is 67.5 cm³/mol. The fourth-order valence-electron chi connectivity index (χ4n) is 1.82. The Bertz CT molecular complexity index is 589. The minimum absolute atomic E-state index is 0.0510. The van der Waals surface area contributed by atoms with Gasteiger partial charge in [0.2, 0.25) is 0 Å². The molecule has 0 fully saturated rings. The number of nitrogens with zero attached hydrogens (tertiary/aromatic N) is 1. The lowest BCUT2D eigenvalue weighted by Crippen LogP contribution is -2.28. The molecule has 0 aliphatic carbocycles. The second-order valence-corrected chi connectivity index (χ2v) is 4.12. The third-order valence-corrected chi connectivity index (χ3v) is 2.83. The van der Waals surface area contributed by atoms with Gasteiger partial charge >= 0.3 is 5.97 Å². The van der Waals surface area contributed by atoms with Gasteiger partial charge in [0.1, 0.15) is 0 Å². The van der Waals surface area contributed by atoms with Crippen LogP contribution < -0.4 is 0 Å². The summed E-state index contributed by atoms with van der Waals surface area (Å²) in [4.78, 5) is 27.1. The number of benzene rings is 1. The molecule has 0 bridgehead atoms. The molecule has 1 amide bonds. The van der Waals surface area contributed by atoms with Gasteiger partial charge in [0.15, 0.2) is 0 Å². The van der Waals surface area contributed by atoms with Crippen LogP contribution in [0.2, 0.25) is 0 Å². The molecular weight excluding hydrogens is 232 g/mol. The maximum Gasteiger partial charge on any atom is 0.305 e. The first kappa shape index (κ1) is 12.2. The molecule has 2 rings (SSSR count). The number of hydrogen-bond donors (Lipinski definition) is 2. The summed E-state index contributed by atoms with van der Waals surface area (Å²) in [5.41, 5.74) is 1.46. The SMILES string of the molecule is CN(CCC(=O)O)C(=O)c1c[nH]c2ccccc12. The van der Waals surface area contributed by atoms with Crippen molar-refractivity contribution >= 4 is 22.8 Å². The minimum atomic E-state index is -0.909. The molecule has 0 spiro atoms. The van der Waals surface area contributed by atoms with E-state index in [9.17, 15) is 9.59 Å². The summed E-state index contributed by atoms with van der Waals surface area (Å²) in [5.74, 6) is -1.08. The number of aromatic amines is 1. The number of rotatable bonds is 4. The van der Waals surface area contributed by atoms with Gasteiger partial charge in [0.25, 0.3) is 5.91 Å². The standard InChI is InChI=1S/C13H14N2O3/c1-15(7-6-12(16)17)13(18)10-8-14-11-5-3-2-4-9(10)11/h2-5,8,14H,6-7H2,1H3,(H,16,17). The number of hydrogen-bond acceptors (Lipinski definition) is 2. The lowest BCUT2D eigenvalue weighted by atomic mass is 10.1. The van der Waals surface area contributed by atoms with E-state index in [0.29, 0.717) is 5.56 Å². The molecule has 5 nitrogen and oxygen atoms in total. The molecule has 2 aromatic rings. The third kappa shape index (κ3) is 2.34. The largest absolute Gasteiger partial charge is 0.481 e. The summed E-state index contributed by atoms with van der Waals surface area (Å²) in [6.45, 7) is 0.202. The molecule has 0 saturated carbocycles. The highest BCUT2D eigenvalue weighted by molar-refractivity contribution is 6.06. The van der Waals surface area contributed by atoms with Crippen molar-refractivity contribution in [2.75, 3.05) is 13.6 Å². The monoisotopic (exact) mass is 246 g/mol. The Hall–Kier alpha value is -2.30. The van der Waals surface area contributed by atoms with E-state index in [-0.39, 0.29) is 18.9 Å². The molecule has 94 valence electrons. The van der Waals surface area contributed by atoms with Gasteiger partial charge in [-0.05, 0) is 6.07 Å². The van der Waals surface area contributed by atoms with Crippen molar-refractivity contribution in [1.82, 2.24) is 9.88 Å². The number of aliphatic carboxylic acids is 1. The number of H-pyrrole nitrogens is 1. The Kier molecular flexibility index (Phi) is 3.32. The smallest absolute Gasteiger partial charge is 0.305 e. The number of carboxylic acid groups (broad SMARTS) is 1. The zero-order chi connectivity index (χ0) is 13.1. The number of para-hydroxylation sites is 1. The number of aromatic nitrogens is 1. The van der Waals surface area contributed by atoms with Gasteiger partial charge in [0, 0.05) is 30.7 Å². The summed E-state index contributed by atoms with van der Waals surface area (Å²) in [6.07, 6.45) is 1.61.